The van der Waals surface area contributed by atoms with Crippen molar-refractivity contribution in [3.8, 4) is 0 Å². The van der Waals surface area contributed by atoms with Crippen LogP contribution >= 0.6 is 0 Å². The van der Waals surface area contributed by atoms with Crippen LogP contribution in [0, 0.1) is 10.8 Å². The molecule has 0 N–H and O–H groups in total. The van der Waals surface area contributed by atoms with Gasteiger partial charge in [0.15, 0.2) is 11.9 Å². The standard InChI is InChI=1S/C16H24O3/c1-11(2)7-10-16(6)14(18)13(19-12(3)17)8-9-15(16,4)5/h7,10,13H,1,8-9H2,2-6H3/b10-7-. The summed E-state index contributed by atoms with van der Waals surface area (Å²) < 4.78 is 5.15. The number of Topliss-reactive ketones (excluding diaryl/α,β-unsaturated/α-hetero) is 1. The third-order valence-corrected chi connectivity index (χ3v) is 4.25. The van der Waals surface area contributed by atoms with Gasteiger partial charge in [-0.3, -0.25) is 9.59 Å². The summed E-state index contributed by atoms with van der Waals surface area (Å²) in [4.78, 5) is 23.7. The third kappa shape index (κ3) is 3.14. The fourth-order valence-corrected chi connectivity index (χ4v) is 2.48. The van der Waals surface area contributed by atoms with Crippen molar-refractivity contribution in [3.05, 3.63) is 24.3 Å². The van der Waals surface area contributed by atoms with Crippen LogP contribution in [0.3, 0.4) is 0 Å². The van der Waals surface area contributed by atoms with Gasteiger partial charge < -0.3 is 4.74 Å². The van der Waals surface area contributed by atoms with Gasteiger partial charge in [-0.25, -0.2) is 0 Å². The zero-order chi connectivity index (χ0) is 14.8. The van der Waals surface area contributed by atoms with Crippen molar-refractivity contribution in [2.75, 3.05) is 0 Å². The number of ether oxygens (including phenoxy) is 1. The van der Waals surface area contributed by atoms with Gasteiger partial charge in [-0.05, 0) is 32.1 Å². The lowest BCUT2D eigenvalue weighted by molar-refractivity contribution is -0.163. The summed E-state index contributed by atoms with van der Waals surface area (Å²) in [5.74, 6) is -0.416. The Kier molecular flexibility index (Phi) is 4.39. The smallest absolute Gasteiger partial charge is 0.303 e. The molecule has 0 aromatic carbocycles. The fourth-order valence-electron chi connectivity index (χ4n) is 2.48. The zero-order valence-electron chi connectivity index (χ0n) is 12.6. The molecule has 0 bridgehead atoms. The second kappa shape index (κ2) is 5.32. The number of ketones is 1. The lowest BCUT2D eigenvalue weighted by Crippen LogP contribution is -2.51. The van der Waals surface area contributed by atoms with E-state index in [9.17, 15) is 9.59 Å². The van der Waals surface area contributed by atoms with Crippen LogP contribution in [0.2, 0.25) is 0 Å². The van der Waals surface area contributed by atoms with E-state index < -0.39 is 17.5 Å². The van der Waals surface area contributed by atoms with Crippen LogP contribution in [0.1, 0.15) is 47.5 Å². The van der Waals surface area contributed by atoms with Gasteiger partial charge in [0.1, 0.15) is 0 Å². The minimum Gasteiger partial charge on any atom is -0.455 e. The molecular weight excluding hydrogens is 240 g/mol. The second-order valence-corrected chi connectivity index (χ2v) is 6.27. The molecular formula is C16H24O3. The molecule has 0 amide bonds. The first-order valence-corrected chi connectivity index (χ1v) is 6.66. The first kappa shape index (κ1) is 15.7. The van der Waals surface area contributed by atoms with Crippen molar-refractivity contribution in [1.29, 1.82) is 0 Å². The minimum atomic E-state index is -0.635. The zero-order valence-corrected chi connectivity index (χ0v) is 12.6. The van der Waals surface area contributed by atoms with E-state index in [4.69, 9.17) is 4.74 Å². The van der Waals surface area contributed by atoms with Crippen molar-refractivity contribution < 1.29 is 14.3 Å². The van der Waals surface area contributed by atoms with E-state index in [1.165, 1.54) is 6.92 Å². The molecule has 0 aromatic rings. The molecule has 1 saturated carbocycles. The van der Waals surface area contributed by atoms with Crippen LogP contribution in [-0.4, -0.2) is 17.9 Å². The Balaban J connectivity index is 3.10. The predicted molar refractivity (Wildman–Crippen MR) is 75.6 cm³/mol. The molecule has 2 atom stereocenters. The number of allylic oxidation sites excluding steroid dienone is 3. The number of carbonyl (C=O) groups is 2. The molecule has 0 aromatic heterocycles. The molecule has 1 aliphatic carbocycles. The Morgan fingerprint density at radius 3 is 2.42 bits per heavy atom. The quantitative estimate of drug-likeness (QED) is 0.579. The monoisotopic (exact) mass is 264 g/mol. The van der Waals surface area contributed by atoms with E-state index in [-0.39, 0.29) is 11.2 Å². The molecule has 19 heavy (non-hydrogen) atoms. The molecule has 1 aliphatic rings. The maximum Gasteiger partial charge on any atom is 0.303 e. The average Bonchev–Trinajstić information content (AvgIpc) is 2.28. The van der Waals surface area contributed by atoms with E-state index in [0.717, 1.165) is 12.0 Å². The molecule has 1 fully saturated rings. The van der Waals surface area contributed by atoms with E-state index in [0.29, 0.717) is 6.42 Å². The SMILES string of the molecule is C=C(C)/C=C\C1(C)C(=O)C(OC(C)=O)CCC1(C)C. The molecule has 2 unspecified atom stereocenters. The van der Waals surface area contributed by atoms with Crippen molar-refractivity contribution in [3.63, 3.8) is 0 Å². The normalized spacial score (nSPS) is 30.4. The first-order chi connectivity index (χ1) is 8.60. The summed E-state index contributed by atoms with van der Waals surface area (Å²) in [6.45, 7) is 13.1. The van der Waals surface area contributed by atoms with E-state index in [1.807, 2.05) is 26.0 Å². The highest BCUT2D eigenvalue weighted by atomic mass is 16.5. The number of hydrogen-bond acceptors (Lipinski definition) is 3. The summed E-state index contributed by atoms with van der Waals surface area (Å²) in [7, 11) is 0. The lowest BCUT2D eigenvalue weighted by atomic mass is 9.57. The van der Waals surface area contributed by atoms with Gasteiger partial charge in [-0.2, -0.15) is 0 Å². The third-order valence-electron chi connectivity index (χ3n) is 4.25. The fraction of sp³-hybridized carbons (Fsp3) is 0.625. The highest BCUT2D eigenvalue weighted by Crippen LogP contribution is 2.49. The summed E-state index contributed by atoms with van der Waals surface area (Å²) >= 11 is 0. The molecule has 3 heteroatoms. The molecule has 0 spiro atoms. The average molecular weight is 264 g/mol. The maximum absolute atomic E-state index is 12.7. The molecule has 0 saturated heterocycles. The summed E-state index contributed by atoms with van der Waals surface area (Å²) in [6.07, 6.45) is 4.60. The topological polar surface area (TPSA) is 43.4 Å². The Bertz CT molecular complexity index is 431. The summed E-state index contributed by atoms with van der Waals surface area (Å²) in [6, 6.07) is 0. The highest BCUT2D eigenvalue weighted by molar-refractivity contribution is 5.93. The van der Waals surface area contributed by atoms with Gasteiger partial charge in [-0.15, -0.1) is 0 Å². The molecule has 106 valence electrons. The van der Waals surface area contributed by atoms with E-state index >= 15 is 0 Å². The highest BCUT2D eigenvalue weighted by Gasteiger charge is 2.52. The second-order valence-electron chi connectivity index (χ2n) is 6.27. The van der Waals surface area contributed by atoms with Crippen LogP contribution in [0.15, 0.2) is 24.3 Å². The minimum absolute atomic E-state index is 0.0172. The van der Waals surface area contributed by atoms with Crippen molar-refractivity contribution in [1.82, 2.24) is 0 Å². The largest absolute Gasteiger partial charge is 0.455 e. The van der Waals surface area contributed by atoms with Crippen LogP contribution in [0.5, 0.6) is 0 Å². The Morgan fingerprint density at radius 1 is 1.37 bits per heavy atom. The van der Waals surface area contributed by atoms with E-state index in [1.54, 1.807) is 0 Å². The van der Waals surface area contributed by atoms with Crippen molar-refractivity contribution in [2.24, 2.45) is 10.8 Å². The maximum atomic E-state index is 12.7. The van der Waals surface area contributed by atoms with Crippen LogP contribution in [0.4, 0.5) is 0 Å². The molecule has 3 nitrogen and oxygen atoms in total. The number of esters is 1. The van der Waals surface area contributed by atoms with E-state index in [2.05, 4.69) is 20.4 Å². The van der Waals surface area contributed by atoms with Crippen LogP contribution in [-0.2, 0) is 14.3 Å². The van der Waals surface area contributed by atoms with Crippen molar-refractivity contribution >= 4 is 11.8 Å². The first-order valence-electron chi connectivity index (χ1n) is 6.66. The Morgan fingerprint density at radius 2 is 1.95 bits per heavy atom. The van der Waals surface area contributed by atoms with Crippen LogP contribution < -0.4 is 0 Å². The van der Waals surface area contributed by atoms with Gasteiger partial charge in [0.25, 0.3) is 0 Å². The molecule has 1 rings (SSSR count). The molecule has 0 radical (unpaired) electrons. The summed E-state index contributed by atoms with van der Waals surface area (Å²) in [5, 5.41) is 0. The van der Waals surface area contributed by atoms with Gasteiger partial charge in [0.05, 0.1) is 5.41 Å². The lowest BCUT2D eigenvalue weighted by Gasteiger charge is -2.47. The van der Waals surface area contributed by atoms with Gasteiger partial charge >= 0.3 is 5.97 Å². The van der Waals surface area contributed by atoms with Crippen LogP contribution in [0.25, 0.3) is 0 Å². The Hall–Kier alpha value is -1.38. The van der Waals surface area contributed by atoms with Crippen molar-refractivity contribution in [2.45, 2.75) is 53.6 Å². The molecule has 0 heterocycles. The Labute approximate surface area is 115 Å². The van der Waals surface area contributed by atoms with Gasteiger partial charge in [0, 0.05) is 6.92 Å². The molecule has 0 aliphatic heterocycles. The van der Waals surface area contributed by atoms with Gasteiger partial charge in [0.2, 0.25) is 0 Å². The van der Waals surface area contributed by atoms with Gasteiger partial charge in [-0.1, -0.05) is 38.2 Å². The number of carbonyl (C=O) groups excluding carboxylic acids is 2. The number of hydrogen-bond donors (Lipinski definition) is 0. The number of rotatable bonds is 3. The summed E-state index contributed by atoms with van der Waals surface area (Å²) in [5.41, 5.74) is 0.108. The predicted octanol–water partition coefficient (Wildman–Crippen LogP) is 3.45.